The van der Waals surface area contributed by atoms with Gasteiger partial charge in [0.15, 0.2) is 16.0 Å². The highest BCUT2D eigenvalue weighted by molar-refractivity contribution is 7.99. The van der Waals surface area contributed by atoms with E-state index < -0.39 is 0 Å². The van der Waals surface area contributed by atoms with Crippen molar-refractivity contribution < 1.29 is 4.79 Å². The SMILES string of the molecule is CCSc1nc(NCC(C)C)c2cnn(CCNC(=O)CC3CSc4nc(C)cc(=O)n43)c2n1. The van der Waals surface area contributed by atoms with Crippen molar-refractivity contribution in [1.29, 1.82) is 0 Å². The number of nitrogens with zero attached hydrogens (tertiary/aromatic N) is 6. The second-order valence-corrected chi connectivity index (χ2v) is 10.8. The van der Waals surface area contributed by atoms with Gasteiger partial charge in [-0.3, -0.25) is 14.2 Å². The molecule has 0 spiro atoms. The molecule has 1 atom stereocenters. The van der Waals surface area contributed by atoms with Gasteiger partial charge in [-0.2, -0.15) is 5.10 Å². The summed E-state index contributed by atoms with van der Waals surface area (Å²) in [7, 11) is 0. The van der Waals surface area contributed by atoms with Crippen molar-refractivity contribution in [3.8, 4) is 0 Å². The second-order valence-electron chi connectivity index (χ2n) is 8.57. The van der Waals surface area contributed by atoms with Crippen LogP contribution in [0.15, 0.2) is 27.4 Å². The smallest absolute Gasteiger partial charge is 0.254 e. The van der Waals surface area contributed by atoms with Gasteiger partial charge in [0.05, 0.1) is 24.2 Å². The van der Waals surface area contributed by atoms with Crippen LogP contribution < -0.4 is 16.2 Å². The molecule has 0 aliphatic carbocycles. The van der Waals surface area contributed by atoms with Gasteiger partial charge in [-0.15, -0.1) is 0 Å². The standard InChI is InChI=1S/C22H30N8O2S2/c1-5-33-21-27-19(24-10-13(2)3)16-11-25-29(20(16)28-21)7-6-23-17(31)9-15-12-34-22-26-14(4)8-18(32)30(15)22/h8,11,13,15H,5-7,9-10,12H2,1-4H3,(H,23,31)(H,24,27,28). The topological polar surface area (TPSA) is 120 Å². The summed E-state index contributed by atoms with van der Waals surface area (Å²) in [5.41, 5.74) is 1.35. The van der Waals surface area contributed by atoms with E-state index in [1.165, 1.54) is 17.8 Å². The van der Waals surface area contributed by atoms with Crippen molar-refractivity contribution in [2.45, 2.75) is 57.0 Å². The number of aryl methyl sites for hydroxylation is 1. The number of hydrogen-bond acceptors (Lipinski definition) is 9. The Kier molecular flexibility index (Phi) is 7.77. The Hall–Kier alpha value is -2.60. The fourth-order valence-electron chi connectivity index (χ4n) is 3.73. The van der Waals surface area contributed by atoms with Gasteiger partial charge in [-0.05, 0) is 18.6 Å². The number of aromatic nitrogens is 6. The fraction of sp³-hybridized carbons (Fsp3) is 0.545. The molecule has 1 aliphatic heterocycles. The summed E-state index contributed by atoms with van der Waals surface area (Å²) in [6.45, 7) is 9.89. The highest BCUT2D eigenvalue weighted by Crippen LogP contribution is 2.31. The maximum absolute atomic E-state index is 12.6. The van der Waals surface area contributed by atoms with Crippen LogP contribution in [0.5, 0.6) is 0 Å². The van der Waals surface area contributed by atoms with Crippen LogP contribution >= 0.6 is 23.5 Å². The summed E-state index contributed by atoms with van der Waals surface area (Å²) in [6, 6.07) is 1.34. The lowest BCUT2D eigenvalue weighted by atomic mass is 10.2. The predicted molar refractivity (Wildman–Crippen MR) is 136 cm³/mol. The molecule has 1 unspecified atom stereocenters. The number of carbonyl (C=O) groups is 1. The van der Waals surface area contributed by atoms with E-state index in [1.54, 1.807) is 34.1 Å². The Morgan fingerprint density at radius 1 is 1.32 bits per heavy atom. The Morgan fingerprint density at radius 2 is 2.15 bits per heavy atom. The van der Waals surface area contributed by atoms with E-state index >= 15 is 0 Å². The summed E-state index contributed by atoms with van der Waals surface area (Å²) in [5.74, 6) is 2.72. The molecule has 12 heteroatoms. The highest BCUT2D eigenvalue weighted by atomic mass is 32.2. The lowest BCUT2D eigenvalue weighted by molar-refractivity contribution is -0.121. The average Bonchev–Trinajstić information content (AvgIpc) is 3.36. The number of thioether (sulfide) groups is 2. The zero-order valence-corrected chi connectivity index (χ0v) is 21.5. The Morgan fingerprint density at radius 3 is 2.91 bits per heavy atom. The maximum atomic E-state index is 12.6. The van der Waals surface area contributed by atoms with Crippen molar-refractivity contribution >= 4 is 46.3 Å². The highest BCUT2D eigenvalue weighted by Gasteiger charge is 2.27. The van der Waals surface area contributed by atoms with E-state index in [2.05, 4.69) is 51.5 Å². The molecular weight excluding hydrogens is 472 g/mol. The molecule has 0 saturated carbocycles. The van der Waals surface area contributed by atoms with Gasteiger partial charge in [-0.25, -0.2) is 19.6 Å². The molecule has 1 aliphatic rings. The van der Waals surface area contributed by atoms with E-state index in [0.29, 0.717) is 40.8 Å². The first-order chi connectivity index (χ1) is 16.4. The first-order valence-corrected chi connectivity index (χ1v) is 13.4. The van der Waals surface area contributed by atoms with E-state index in [0.717, 1.165) is 29.1 Å². The molecular formula is C22H30N8O2S2. The van der Waals surface area contributed by atoms with Crippen LogP contribution in [0.3, 0.4) is 0 Å². The number of hydrogen-bond donors (Lipinski definition) is 2. The van der Waals surface area contributed by atoms with E-state index in [-0.39, 0.29) is 23.9 Å². The van der Waals surface area contributed by atoms with Crippen LogP contribution in [0.1, 0.15) is 38.9 Å². The molecule has 0 saturated heterocycles. The number of amides is 1. The minimum Gasteiger partial charge on any atom is -0.369 e. The lowest BCUT2D eigenvalue weighted by Gasteiger charge is -2.13. The van der Waals surface area contributed by atoms with E-state index in [4.69, 9.17) is 0 Å². The van der Waals surface area contributed by atoms with Gasteiger partial charge >= 0.3 is 0 Å². The number of fused-ring (bicyclic) bond motifs is 2. The monoisotopic (exact) mass is 502 g/mol. The van der Waals surface area contributed by atoms with Crippen molar-refractivity contribution in [1.82, 2.24) is 34.6 Å². The van der Waals surface area contributed by atoms with Crippen molar-refractivity contribution in [2.75, 3.05) is 29.9 Å². The molecule has 182 valence electrons. The summed E-state index contributed by atoms with van der Waals surface area (Å²) < 4.78 is 3.43. The largest absolute Gasteiger partial charge is 0.369 e. The van der Waals surface area contributed by atoms with Gasteiger partial charge in [0.1, 0.15) is 5.82 Å². The first kappa shape index (κ1) is 24.5. The molecule has 3 aromatic heterocycles. The average molecular weight is 503 g/mol. The Balaban J connectivity index is 1.40. The molecule has 2 N–H and O–H groups in total. The van der Waals surface area contributed by atoms with Crippen molar-refractivity contribution in [3.05, 3.63) is 28.3 Å². The molecule has 1 amide bonds. The number of anilines is 1. The summed E-state index contributed by atoms with van der Waals surface area (Å²) in [5, 5.41) is 13.1. The molecule has 0 radical (unpaired) electrons. The molecule has 0 bridgehead atoms. The van der Waals surface area contributed by atoms with Crippen LogP contribution in [0.2, 0.25) is 0 Å². The normalized spacial score (nSPS) is 15.1. The third-order valence-electron chi connectivity index (χ3n) is 5.31. The van der Waals surface area contributed by atoms with Gasteiger partial charge < -0.3 is 10.6 Å². The zero-order valence-electron chi connectivity index (χ0n) is 19.9. The van der Waals surface area contributed by atoms with E-state index in [9.17, 15) is 9.59 Å². The summed E-state index contributed by atoms with van der Waals surface area (Å²) in [6.07, 6.45) is 2.02. The number of rotatable bonds is 10. The minimum atomic E-state index is -0.179. The molecule has 34 heavy (non-hydrogen) atoms. The summed E-state index contributed by atoms with van der Waals surface area (Å²) >= 11 is 3.10. The van der Waals surface area contributed by atoms with Crippen molar-refractivity contribution in [3.63, 3.8) is 0 Å². The van der Waals surface area contributed by atoms with Gasteiger partial charge in [0.25, 0.3) is 5.56 Å². The van der Waals surface area contributed by atoms with Crippen molar-refractivity contribution in [2.24, 2.45) is 5.92 Å². The van der Waals surface area contributed by atoms with Crippen LogP contribution in [0, 0.1) is 12.8 Å². The van der Waals surface area contributed by atoms with Gasteiger partial charge in [0.2, 0.25) is 5.91 Å². The second kappa shape index (κ2) is 10.8. The molecule has 0 fully saturated rings. The van der Waals surface area contributed by atoms with Crippen LogP contribution in [0.4, 0.5) is 5.82 Å². The maximum Gasteiger partial charge on any atom is 0.254 e. The molecule has 4 heterocycles. The minimum absolute atomic E-state index is 0.0986. The fourth-order valence-corrected chi connectivity index (χ4v) is 5.49. The zero-order chi connectivity index (χ0) is 24.2. The van der Waals surface area contributed by atoms with E-state index in [1.807, 2.05) is 0 Å². The van der Waals surface area contributed by atoms with Crippen LogP contribution in [-0.2, 0) is 11.3 Å². The molecule has 0 aromatic carbocycles. The lowest BCUT2D eigenvalue weighted by Crippen LogP contribution is -2.32. The Bertz CT molecular complexity index is 1240. The number of nitrogens with one attached hydrogen (secondary N) is 2. The van der Waals surface area contributed by atoms with Crippen LogP contribution in [0.25, 0.3) is 11.0 Å². The molecule has 4 rings (SSSR count). The summed E-state index contributed by atoms with van der Waals surface area (Å²) in [4.78, 5) is 38.7. The van der Waals surface area contributed by atoms with Gasteiger partial charge in [-0.1, -0.05) is 44.3 Å². The molecule has 3 aromatic rings. The first-order valence-electron chi connectivity index (χ1n) is 11.5. The quantitative estimate of drug-likeness (QED) is 0.318. The van der Waals surface area contributed by atoms with Crippen LogP contribution in [-0.4, -0.2) is 59.8 Å². The predicted octanol–water partition coefficient (Wildman–Crippen LogP) is 2.72. The number of carbonyl (C=O) groups excluding carboxylic acids is 1. The molecule has 10 nitrogen and oxygen atoms in total. The van der Waals surface area contributed by atoms with Gasteiger partial charge in [0, 0.05) is 37.0 Å². The Labute approximate surface area is 206 Å². The third kappa shape index (κ3) is 5.54. The third-order valence-corrected chi connectivity index (χ3v) is 7.14.